The van der Waals surface area contributed by atoms with Crippen molar-refractivity contribution < 1.29 is 23.7 Å². The molecule has 0 saturated heterocycles. The van der Waals surface area contributed by atoms with Gasteiger partial charge in [0, 0.05) is 19.3 Å². The third-order valence-electron chi connectivity index (χ3n) is 6.00. The van der Waals surface area contributed by atoms with Crippen LogP contribution in [0.2, 0.25) is 0 Å². The second-order valence-electron chi connectivity index (χ2n) is 8.65. The fourth-order valence-electron chi connectivity index (χ4n) is 4.24. The van der Waals surface area contributed by atoms with Gasteiger partial charge in [0.15, 0.2) is 5.72 Å². The van der Waals surface area contributed by atoms with E-state index < -0.39 is 24.2 Å². The average molecular weight is 495 g/mol. The zero-order valence-electron chi connectivity index (χ0n) is 19.3. The van der Waals surface area contributed by atoms with Gasteiger partial charge in [-0.05, 0) is 39.7 Å². The first kappa shape index (κ1) is 24.6. The lowest BCUT2D eigenvalue weighted by Gasteiger charge is -2.31. The third-order valence-corrected chi connectivity index (χ3v) is 7.04. The molecule has 0 radical (unpaired) electrons. The van der Waals surface area contributed by atoms with Crippen LogP contribution in [-0.2, 0) is 4.74 Å². The van der Waals surface area contributed by atoms with Gasteiger partial charge >= 0.3 is 0 Å². The van der Waals surface area contributed by atoms with Crippen molar-refractivity contribution in [3.05, 3.63) is 23.7 Å². The molecule has 1 aliphatic rings. The van der Waals surface area contributed by atoms with E-state index in [9.17, 15) is 19.0 Å². The van der Waals surface area contributed by atoms with Gasteiger partial charge in [0.1, 0.15) is 22.4 Å². The molecule has 1 saturated carbocycles. The Kier molecular flexibility index (Phi) is 6.94. The van der Waals surface area contributed by atoms with Gasteiger partial charge in [0.2, 0.25) is 12.4 Å². The number of pyridine rings is 1. The lowest BCUT2D eigenvalue weighted by atomic mass is 10.0. The average Bonchev–Trinajstić information content (AvgIpc) is 3.30. The van der Waals surface area contributed by atoms with Crippen molar-refractivity contribution in [3.63, 3.8) is 0 Å². The Morgan fingerprint density at radius 2 is 2.03 bits per heavy atom. The predicted octanol–water partition coefficient (Wildman–Crippen LogP) is 3.35. The number of halogens is 2. The molecule has 0 aliphatic heterocycles. The number of aryl methyl sites for hydroxylation is 2. The van der Waals surface area contributed by atoms with E-state index in [4.69, 9.17) is 9.72 Å². The second-order valence-corrected chi connectivity index (χ2v) is 9.68. The minimum Gasteiger partial charge on any atom is -0.388 e. The number of aliphatic hydroxyl groups excluding tert-OH is 1. The minimum atomic E-state index is -2.75. The molecule has 34 heavy (non-hydrogen) atoms. The largest absolute Gasteiger partial charge is 0.388 e. The van der Waals surface area contributed by atoms with E-state index >= 15 is 0 Å². The molecule has 1 aliphatic carbocycles. The fourth-order valence-corrected chi connectivity index (χ4v) is 5.35. The smallest absolute Gasteiger partial charge is 0.244 e. The first-order valence-corrected chi connectivity index (χ1v) is 11.8. The van der Waals surface area contributed by atoms with Gasteiger partial charge in [0.25, 0.3) is 0 Å². The van der Waals surface area contributed by atoms with E-state index in [1.54, 1.807) is 20.2 Å². The number of fused-ring (bicyclic) bond motifs is 1. The molecule has 0 amide bonds. The standard InChI is InChI=1S/C22H28F2N6O3S/c1-10(9-33-4)26-21-27-11(2)15(20-28-16-12(3)25-8-6-14(16)34-20)19(29-21)30-22(32)7-5-13(17(22)31)18(23)24/h6,8,10,13,17-18,31-32H,5,7,9H2,1-4H3,(H2,26,27,29,30). The van der Waals surface area contributed by atoms with Crippen LogP contribution >= 0.6 is 11.3 Å². The topological polar surface area (TPSA) is 125 Å². The van der Waals surface area contributed by atoms with E-state index in [0.29, 0.717) is 22.9 Å². The van der Waals surface area contributed by atoms with Gasteiger partial charge in [-0.3, -0.25) is 4.98 Å². The molecule has 0 aromatic carbocycles. The normalized spacial score (nSPS) is 23.6. The quantitative estimate of drug-likeness (QED) is 0.349. The Morgan fingerprint density at radius 1 is 1.26 bits per heavy atom. The third kappa shape index (κ3) is 4.67. The number of alkyl halides is 2. The number of aromatic nitrogens is 4. The number of hydrogen-bond acceptors (Lipinski definition) is 10. The molecule has 12 heteroatoms. The Labute approximate surface area is 199 Å². The van der Waals surface area contributed by atoms with Crippen LogP contribution in [0.25, 0.3) is 20.8 Å². The number of nitrogens with one attached hydrogen (secondary N) is 2. The number of ether oxygens (including phenoxy) is 1. The van der Waals surface area contributed by atoms with Gasteiger partial charge in [-0.2, -0.15) is 4.98 Å². The SMILES string of the molecule is COCC(C)Nc1nc(C)c(-c2nc3c(C)nccc3s2)c(NC2(O)CCC(C(F)F)C2O)n1. The summed E-state index contributed by atoms with van der Waals surface area (Å²) in [6.07, 6.45) is -2.79. The van der Waals surface area contributed by atoms with E-state index in [-0.39, 0.29) is 30.6 Å². The number of hydrogen-bond donors (Lipinski definition) is 4. The lowest BCUT2D eigenvalue weighted by molar-refractivity contribution is -0.0763. The summed E-state index contributed by atoms with van der Waals surface area (Å²) in [5, 5.41) is 28.2. The van der Waals surface area contributed by atoms with E-state index in [1.165, 1.54) is 11.3 Å². The van der Waals surface area contributed by atoms with Gasteiger partial charge < -0.3 is 25.6 Å². The highest BCUT2D eigenvalue weighted by molar-refractivity contribution is 7.21. The number of aliphatic hydroxyl groups is 2. The summed E-state index contributed by atoms with van der Waals surface area (Å²) in [4.78, 5) is 18.1. The molecule has 4 unspecified atom stereocenters. The van der Waals surface area contributed by atoms with Crippen LogP contribution in [0, 0.1) is 19.8 Å². The first-order chi connectivity index (χ1) is 16.1. The number of methoxy groups -OCH3 is 1. The second kappa shape index (κ2) is 9.61. The molecule has 3 aromatic rings. The highest BCUT2D eigenvalue weighted by Gasteiger charge is 2.50. The van der Waals surface area contributed by atoms with E-state index in [1.807, 2.05) is 19.9 Å². The maximum atomic E-state index is 13.4. The van der Waals surface area contributed by atoms with Gasteiger partial charge in [-0.25, -0.2) is 18.7 Å². The molecule has 9 nitrogen and oxygen atoms in total. The summed E-state index contributed by atoms with van der Waals surface area (Å²) in [5.74, 6) is -0.867. The summed E-state index contributed by atoms with van der Waals surface area (Å²) in [6.45, 7) is 5.95. The molecule has 184 valence electrons. The van der Waals surface area contributed by atoms with Crippen molar-refractivity contribution in [3.8, 4) is 10.6 Å². The van der Waals surface area contributed by atoms with Crippen LogP contribution in [0.4, 0.5) is 20.5 Å². The van der Waals surface area contributed by atoms with Crippen LogP contribution < -0.4 is 10.6 Å². The van der Waals surface area contributed by atoms with Crippen LogP contribution in [0.3, 0.4) is 0 Å². The molecular weight excluding hydrogens is 466 g/mol. The molecule has 1 fully saturated rings. The van der Waals surface area contributed by atoms with Gasteiger partial charge in [-0.15, -0.1) is 11.3 Å². The summed E-state index contributed by atoms with van der Waals surface area (Å²) in [7, 11) is 1.58. The maximum absolute atomic E-state index is 13.4. The maximum Gasteiger partial charge on any atom is 0.244 e. The fraction of sp³-hybridized carbons (Fsp3) is 0.545. The first-order valence-electron chi connectivity index (χ1n) is 11.0. The summed E-state index contributed by atoms with van der Waals surface area (Å²) < 4.78 is 32.8. The molecule has 4 rings (SSSR count). The van der Waals surface area contributed by atoms with Crippen molar-refractivity contribution in [2.75, 3.05) is 24.4 Å². The molecule has 0 bridgehead atoms. The van der Waals surface area contributed by atoms with Crippen LogP contribution in [0.1, 0.15) is 31.2 Å². The Bertz CT molecular complexity index is 1180. The van der Waals surface area contributed by atoms with Crippen molar-refractivity contribution >= 4 is 33.3 Å². The lowest BCUT2D eigenvalue weighted by Crippen LogP contribution is -2.48. The van der Waals surface area contributed by atoms with Crippen molar-refractivity contribution in [1.82, 2.24) is 19.9 Å². The van der Waals surface area contributed by atoms with Crippen LogP contribution in [-0.4, -0.2) is 68.2 Å². The van der Waals surface area contributed by atoms with Gasteiger partial charge in [0.05, 0.1) is 34.2 Å². The Hall–Kier alpha value is -2.54. The number of nitrogens with zero attached hydrogens (tertiary/aromatic N) is 4. The van der Waals surface area contributed by atoms with Crippen LogP contribution in [0.5, 0.6) is 0 Å². The molecule has 4 N–H and O–H groups in total. The molecule has 4 atom stereocenters. The highest BCUT2D eigenvalue weighted by atomic mass is 32.1. The summed E-state index contributed by atoms with van der Waals surface area (Å²) in [6, 6.07) is 1.75. The molecule has 3 heterocycles. The van der Waals surface area contributed by atoms with E-state index in [0.717, 1.165) is 15.9 Å². The summed E-state index contributed by atoms with van der Waals surface area (Å²) in [5.41, 5.74) is 0.619. The van der Waals surface area contributed by atoms with Crippen LogP contribution in [0.15, 0.2) is 12.3 Å². The Morgan fingerprint density at radius 3 is 2.68 bits per heavy atom. The molecule has 0 spiro atoms. The monoisotopic (exact) mass is 494 g/mol. The number of rotatable bonds is 8. The summed E-state index contributed by atoms with van der Waals surface area (Å²) >= 11 is 1.41. The highest BCUT2D eigenvalue weighted by Crippen LogP contribution is 2.42. The number of anilines is 2. The Balaban J connectivity index is 1.79. The molecular formula is C22H28F2N6O3S. The van der Waals surface area contributed by atoms with E-state index in [2.05, 4.69) is 25.6 Å². The van der Waals surface area contributed by atoms with Crippen molar-refractivity contribution in [1.29, 1.82) is 0 Å². The minimum absolute atomic E-state index is 0.0241. The van der Waals surface area contributed by atoms with Gasteiger partial charge in [-0.1, -0.05) is 0 Å². The number of thiazole rings is 1. The van der Waals surface area contributed by atoms with Crippen molar-refractivity contribution in [2.24, 2.45) is 5.92 Å². The molecule has 3 aromatic heterocycles. The predicted molar refractivity (Wildman–Crippen MR) is 126 cm³/mol. The van der Waals surface area contributed by atoms with Crippen molar-refractivity contribution in [2.45, 2.75) is 57.9 Å². The zero-order chi connectivity index (χ0) is 24.6. The zero-order valence-corrected chi connectivity index (χ0v) is 20.2.